The maximum absolute atomic E-state index is 12.5. The van der Waals surface area contributed by atoms with Crippen LogP contribution in [0.25, 0.3) is 0 Å². The maximum atomic E-state index is 12.5. The largest absolute Gasteiger partial charge is 0.472 e. The third-order valence-electron chi connectivity index (χ3n) is 7.85. The Morgan fingerprint density at radius 3 is 1.44 bits per heavy atom. The zero-order valence-corrected chi connectivity index (χ0v) is 35.9. The molecule has 0 fully saturated rings. The van der Waals surface area contributed by atoms with Crippen LogP contribution >= 0.6 is 7.82 Å². The van der Waals surface area contributed by atoms with Crippen molar-refractivity contribution >= 4 is 19.8 Å². The minimum absolute atomic E-state index is 0.0274. The van der Waals surface area contributed by atoms with Crippen molar-refractivity contribution in [2.45, 2.75) is 136 Å². The predicted molar refractivity (Wildman–Crippen MR) is 237 cm³/mol. The van der Waals surface area contributed by atoms with Gasteiger partial charge in [0, 0.05) is 19.4 Å². The molecule has 0 rings (SSSR count). The standard InChI is InChI=1S/C47H74NO8P/c1-3-5-7-9-11-13-15-17-19-21-22-24-26-28-30-32-34-36-38-40-47(50)56-45(44-55-57(51,52)54-42-41-48)43-53-46(49)39-37-35-33-31-29-27-25-23-20-18-16-14-12-10-8-6-4-2/h5,7,11-14,17-20,22,24-25,27-28,30-31,33-34,36,45H,3-4,6,8-10,15-16,21,23,26,29,32,35,37-44,48H2,1-2H3,(H,51,52). The second-order valence-corrected chi connectivity index (χ2v) is 14.6. The molecule has 3 N–H and O–H groups in total. The highest BCUT2D eigenvalue weighted by Crippen LogP contribution is 2.43. The zero-order valence-electron chi connectivity index (χ0n) is 35.0. The Morgan fingerprint density at radius 2 is 0.982 bits per heavy atom. The maximum Gasteiger partial charge on any atom is 0.472 e. The Bertz CT molecular complexity index is 1340. The molecule has 57 heavy (non-hydrogen) atoms. The minimum atomic E-state index is -4.42. The summed E-state index contributed by atoms with van der Waals surface area (Å²) in [5.41, 5.74) is 5.33. The fourth-order valence-corrected chi connectivity index (χ4v) is 5.53. The van der Waals surface area contributed by atoms with Gasteiger partial charge in [0.15, 0.2) is 6.10 Å². The number of rotatable bonds is 37. The van der Waals surface area contributed by atoms with Crippen LogP contribution in [0.4, 0.5) is 0 Å². The van der Waals surface area contributed by atoms with E-state index in [9.17, 15) is 19.0 Å². The molecule has 0 saturated carbocycles. The molecule has 0 saturated heterocycles. The van der Waals surface area contributed by atoms with Gasteiger partial charge in [-0.3, -0.25) is 18.6 Å². The number of esters is 2. The smallest absolute Gasteiger partial charge is 0.462 e. The van der Waals surface area contributed by atoms with E-state index in [1.165, 1.54) is 19.3 Å². The van der Waals surface area contributed by atoms with E-state index < -0.39 is 32.5 Å². The van der Waals surface area contributed by atoms with Gasteiger partial charge in [0.2, 0.25) is 0 Å². The molecule has 9 nitrogen and oxygen atoms in total. The van der Waals surface area contributed by atoms with Crippen LogP contribution in [0.5, 0.6) is 0 Å². The van der Waals surface area contributed by atoms with Gasteiger partial charge in [-0.2, -0.15) is 0 Å². The summed E-state index contributed by atoms with van der Waals surface area (Å²) in [6.45, 7) is 3.40. The third kappa shape index (κ3) is 41.9. The first kappa shape index (κ1) is 53.4. The average molecular weight is 812 g/mol. The molecule has 2 unspecified atom stereocenters. The highest BCUT2D eigenvalue weighted by molar-refractivity contribution is 7.47. The van der Waals surface area contributed by atoms with E-state index in [0.29, 0.717) is 12.8 Å². The lowest BCUT2D eigenvalue weighted by Gasteiger charge is -2.19. The second kappa shape index (κ2) is 42.0. The zero-order chi connectivity index (χ0) is 41.8. The summed E-state index contributed by atoms with van der Waals surface area (Å²) in [7, 11) is -4.42. The minimum Gasteiger partial charge on any atom is -0.462 e. The number of hydrogen-bond acceptors (Lipinski definition) is 8. The molecule has 0 aliphatic rings. The van der Waals surface area contributed by atoms with Gasteiger partial charge in [-0.05, 0) is 89.9 Å². The van der Waals surface area contributed by atoms with E-state index >= 15 is 0 Å². The summed E-state index contributed by atoms with van der Waals surface area (Å²) in [4.78, 5) is 34.8. The van der Waals surface area contributed by atoms with Gasteiger partial charge >= 0.3 is 19.8 Å². The quantitative estimate of drug-likeness (QED) is 0.0272. The van der Waals surface area contributed by atoms with Crippen LogP contribution in [0.15, 0.2) is 122 Å². The van der Waals surface area contributed by atoms with Gasteiger partial charge in [0.1, 0.15) is 6.61 Å². The van der Waals surface area contributed by atoms with Gasteiger partial charge < -0.3 is 20.1 Å². The van der Waals surface area contributed by atoms with E-state index in [1.807, 2.05) is 18.2 Å². The van der Waals surface area contributed by atoms with E-state index in [0.717, 1.165) is 70.6 Å². The van der Waals surface area contributed by atoms with E-state index in [1.54, 1.807) is 0 Å². The summed E-state index contributed by atoms with van der Waals surface area (Å²) in [6.07, 6.45) is 56.8. The number of phosphoric ester groups is 1. The molecule has 0 aromatic heterocycles. The summed E-state index contributed by atoms with van der Waals surface area (Å²) in [5, 5.41) is 0. The fraction of sp³-hybridized carbons (Fsp3) is 0.532. The van der Waals surface area contributed by atoms with Crippen molar-refractivity contribution in [1.82, 2.24) is 0 Å². The number of ether oxygens (including phenoxy) is 2. The fourth-order valence-electron chi connectivity index (χ4n) is 4.77. The Morgan fingerprint density at radius 1 is 0.544 bits per heavy atom. The second-order valence-electron chi connectivity index (χ2n) is 13.1. The molecule has 0 radical (unpaired) electrons. The van der Waals surface area contributed by atoms with Crippen LogP contribution in [0.2, 0.25) is 0 Å². The van der Waals surface area contributed by atoms with Crippen molar-refractivity contribution in [2.24, 2.45) is 5.73 Å². The highest BCUT2D eigenvalue weighted by atomic mass is 31.2. The van der Waals surface area contributed by atoms with Gasteiger partial charge in [0.05, 0.1) is 13.2 Å². The summed E-state index contributed by atoms with van der Waals surface area (Å²) < 4.78 is 32.6. The number of hydrogen-bond donors (Lipinski definition) is 2. The Balaban J connectivity index is 4.43. The third-order valence-corrected chi connectivity index (χ3v) is 8.83. The average Bonchev–Trinajstić information content (AvgIpc) is 3.20. The van der Waals surface area contributed by atoms with E-state index in [4.69, 9.17) is 24.3 Å². The van der Waals surface area contributed by atoms with Crippen molar-refractivity contribution in [1.29, 1.82) is 0 Å². The first-order valence-corrected chi connectivity index (χ1v) is 22.5. The summed E-state index contributed by atoms with van der Waals surface area (Å²) >= 11 is 0. The molecule has 0 spiro atoms. The molecular formula is C47H74NO8P. The summed E-state index contributed by atoms with van der Waals surface area (Å²) in [6, 6.07) is 0. The lowest BCUT2D eigenvalue weighted by Crippen LogP contribution is -2.29. The Kier molecular flexibility index (Phi) is 39.4. The molecule has 0 amide bonds. The molecule has 0 bridgehead atoms. The van der Waals surface area contributed by atoms with Crippen LogP contribution in [0, 0.1) is 0 Å². The topological polar surface area (TPSA) is 134 Å². The normalized spacial score (nSPS) is 14.5. The first-order chi connectivity index (χ1) is 27.8. The van der Waals surface area contributed by atoms with Crippen molar-refractivity contribution in [3.05, 3.63) is 122 Å². The molecule has 0 aromatic carbocycles. The molecule has 10 heteroatoms. The lowest BCUT2D eigenvalue weighted by atomic mass is 10.2. The van der Waals surface area contributed by atoms with Gasteiger partial charge in [-0.15, -0.1) is 0 Å². The molecule has 320 valence electrons. The van der Waals surface area contributed by atoms with E-state index in [-0.39, 0.29) is 32.6 Å². The van der Waals surface area contributed by atoms with E-state index in [2.05, 4.69) is 117 Å². The molecular weight excluding hydrogens is 737 g/mol. The highest BCUT2D eigenvalue weighted by Gasteiger charge is 2.25. The predicted octanol–water partition coefficient (Wildman–Crippen LogP) is 12.2. The monoisotopic (exact) mass is 812 g/mol. The van der Waals surface area contributed by atoms with Crippen LogP contribution in [0.1, 0.15) is 129 Å². The lowest BCUT2D eigenvalue weighted by molar-refractivity contribution is -0.161. The SMILES string of the molecule is CCC=CCC=CCC=CCC=CCC=CCC=CCCC(=O)OC(COC(=O)CCCC=CCC=CCC=CCC=CCCCCC)COP(=O)(O)OCCN. The van der Waals surface area contributed by atoms with Crippen LogP contribution in [-0.4, -0.2) is 49.3 Å². The van der Waals surface area contributed by atoms with Crippen molar-refractivity contribution in [2.75, 3.05) is 26.4 Å². The molecule has 2 atom stereocenters. The molecule has 0 aromatic rings. The molecule has 0 aliphatic heterocycles. The number of nitrogens with two attached hydrogens (primary N) is 1. The van der Waals surface area contributed by atoms with Gasteiger partial charge in [0.25, 0.3) is 0 Å². The summed E-state index contributed by atoms with van der Waals surface area (Å²) in [5.74, 6) is -1.01. The van der Waals surface area contributed by atoms with Gasteiger partial charge in [-0.1, -0.05) is 148 Å². The first-order valence-electron chi connectivity index (χ1n) is 21.0. The Hall–Kier alpha value is -3.59. The number of unbranched alkanes of at least 4 members (excludes halogenated alkanes) is 4. The number of phosphoric acid groups is 1. The van der Waals surface area contributed by atoms with Gasteiger partial charge in [-0.25, -0.2) is 4.57 Å². The van der Waals surface area contributed by atoms with Crippen molar-refractivity contribution in [3.8, 4) is 0 Å². The molecule has 0 aliphatic carbocycles. The van der Waals surface area contributed by atoms with Crippen LogP contribution in [-0.2, 0) is 32.7 Å². The van der Waals surface area contributed by atoms with Crippen LogP contribution < -0.4 is 5.73 Å². The van der Waals surface area contributed by atoms with Crippen molar-refractivity contribution < 1.29 is 37.6 Å². The van der Waals surface area contributed by atoms with Crippen LogP contribution in [0.3, 0.4) is 0 Å². The Labute approximate surface area is 345 Å². The number of carbonyl (C=O) groups is 2. The number of carbonyl (C=O) groups excluding carboxylic acids is 2. The molecule has 0 heterocycles. The van der Waals surface area contributed by atoms with Crippen molar-refractivity contribution in [3.63, 3.8) is 0 Å². The number of allylic oxidation sites excluding steroid dienone is 20.